The predicted octanol–water partition coefficient (Wildman–Crippen LogP) is 2.42. The van der Waals surface area contributed by atoms with Crippen LogP contribution in [0.3, 0.4) is 0 Å². The molecule has 0 bridgehead atoms. The molecule has 0 radical (unpaired) electrons. The molecule has 0 aromatic heterocycles. The third-order valence-corrected chi connectivity index (χ3v) is 4.48. The molecule has 4 nitrogen and oxygen atoms in total. The van der Waals surface area contributed by atoms with Gasteiger partial charge in [0, 0.05) is 36.7 Å². The van der Waals surface area contributed by atoms with Crippen LogP contribution in [0.15, 0.2) is 18.2 Å². The molecule has 1 saturated heterocycles. The van der Waals surface area contributed by atoms with Gasteiger partial charge in [-0.15, -0.1) is 0 Å². The Balaban J connectivity index is 1.67. The van der Waals surface area contributed by atoms with Gasteiger partial charge in [0.25, 0.3) is 0 Å². The summed E-state index contributed by atoms with van der Waals surface area (Å²) < 4.78 is 5.46. The monoisotopic (exact) mass is 288 g/mol. The Morgan fingerprint density at radius 1 is 1.38 bits per heavy atom. The minimum Gasteiger partial charge on any atom is -0.496 e. The highest BCUT2D eigenvalue weighted by atomic mass is 16.5. The third-order valence-electron chi connectivity index (χ3n) is 4.48. The van der Waals surface area contributed by atoms with E-state index in [0.717, 1.165) is 17.9 Å². The number of aryl methyl sites for hydroxylation is 1. The van der Waals surface area contributed by atoms with Gasteiger partial charge >= 0.3 is 0 Å². The SMILES string of the molecule is COc1ccc(C)cc1[C@@H](C)N[C@H]1CC(=O)N(C2CC2)C1. The molecule has 4 heteroatoms. The molecular formula is C17H24N2O2. The maximum Gasteiger partial charge on any atom is 0.224 e. The highest BCUT2D eigenvalue weighted by Gasteiger charge is 2.39. The van der Waals surface area contributed by atoms with Crippen LogP contribution < -0.4 is 10.1 Å². The summed E-state index contributed by atoms with van der Waals surface area (Å²) in [4.78, 5) is 14.1. The van der Waals surface area contributed by atoms with E-state index < -0.39 is 0 Å². The van der Waals surface area contributed by atoms with Crippen molar-refractivity contribution in [1.29, 1.82) is 0 Å². The number of carbonyl (C=O) groups excluding carboxylic acids is 1. The van der Waals surface area contributed by atoms with Crippen LogP contribution in [-0.2, 0) is 4.79 Å². The highest BCUT2D eigenvalue weighted by Crippen LogP contribution is 2.32. The van der Waals surface area contributed by atoms with Gasteiger partial charge in [0.15, 0.2) is 0 Å². The van der Waals surface area contributed by atoms with Crippen LogP contribution in [0.1, 0.15) is 43.4 Å². The standard InChI is InChI=1S/C17H24N2O2/c1-11-4-7-16(21-3)15(8-11)12(2)18-13-9-17(20)19(10-13)14-5-6-14/h4,7-8,12-14,18H,5-6,9-10H2,1-3H3/t12-,13+/m1/s1. The smallest absolute Gasteiger partial charge is 0.224 e. The Hall–Kier alpha value is -1.55. The number of carbonyl (C=O) groups is 1. The van der Waals surface area contributed by atoms with E-state index in [9.17, 15) is 4.79 Å². The van der Waals surface area contributed by atoms with Crippen molar-refractivity contribution in [1.82, 2.24) is 10.2 Å². The highest BCUT2D eigenvalue weighted by molar-refractivity contribution is 5.80. The van der Waals surface area contributed by atoms with Crippen LogP contribution in [0.2, 0.25) is 0 Å². The number of amides is 1. The van der Waals surface area contributed by atoms with Crippen molar-refractivity contribution in [2.24, 2.45) is 0 Å². The number of benzene rings is 1. The predicted molar refractivity (Wildman–Crippen MR) is 82.4 cm³/mol. The van der Waals surface area contributed by atoms with Gasteiger partial charge in [-0.25, -0.2) is 0 Å². The van der Waals surface area contributed by atoms with Crippen LogP contribution in [-0.4, -0.2) is 36.5 Å². The van der Waals surface area contributed by atoms with E-state index >= 15 is 0 Å². The molecule has 0 spiro atoms. The molecule has 1 aliphatic carbocycles. The van der Waals surface area contributed by atoms with Gasteiger partial charge < -0.3 is 15.0 Å². The van der Waals surface area contributed by atoms with Gasteiger partial charge in [-0.2, -0.15) is 0 Å². The van der Waals surface area contributed by atoms with Gasteiger partial charge in [0.05, 0.1) is 7.11 Å². The first-order valence-electron chi connectivity index (χ1n) is 7.78. The molecule has 3 rings (SSSR count). The zero-order valence-electron chi connectivity index (χ0n) is 13.1. The molecule has 1 aliphatic heterocycles. The Morgan fingerprint density at radius 3 is 2.81 bits per heavy atom. The average molecular weight is 288 g/mol. The van der Waals surface area contributed by atoms with E-state index in [2.05, 4.69) is 36.2 Å². The third kappa shape index (κ3) is 3.05. The zero-order chi connectivity index (χ0) is 15.0. The number of nitrogens with zero attached hydrogens (tertiary/aromatic N) is 1. The second-order valence-electron chi connectivity index (χ2n) is 6.31. The first-order chi connectivity index (χ1) is 10.1. The minimum absolute atomic E-state index is 0.178. The van der Waals surface area contributed by atoms with Crippen LogP contribution in [0.25, 0.3) is 0 Å². The van der Waals surface area contributed by atoms with Crippen LogP contribution in [0.5, 0.6) is 5.75 Å². The summed E-state index contributed by atoms with van der Waals surface area (Å²) in [6, 6.07) is 7.18. The second-order valence-corrected chi connectivity index (χ2v) is 6.31. The molecule has 1 saturated carbocycles. The van der Waals surface area contributed by atoms with E-state index in [-0.39, 0.29) is 12.1 Å². The summed E-state index contributed by atoms with van der Waals surface area (Å²) in [5.41, 5.74) is 2.39. The lowest BCUT2D eigenvalue weighted by atomic mass is 10.0. The lowest BCUT2D eigenvalue weighted by Gasteiger charge is -2.22. The molecular weight excluding hydrogens is 264 g/mol. The first-order valence-corrected chi connectivity index (χ1v) is 7.78. The molecule has 2 atom stereocenters. The van der Waals surface area contributed by atoms with Crippen molar-refractivity contribution in [3.05, 3.63) is 29.3 Å². The summed E-state index contributed by atoms with van der Waals surface area (Å²) in [6.45, 7) is 5.08. The molecule has 1 aromatic carbocycles. The van der Waals surface area contributed by atoms with Gasteiger partial charge in [0.2, 0.25) is 5.91 Å². The fraction of sp³-hybridized carbons (Fsp3) is 0.588. The van der Waals surface area contributed by atoms with Gasteiger partial charge in [0.1, 0.15) is 5.75 Å². The first kappa shape index (κ1) is 14.4. The van der Waals surface area contributed by atoms with E-state index in [1.165, 1.54) is 18.4 Å². The number of rotatable bonds is 5. The van der Waals surface area contributed by atoms with E-state index in [1.807, 2.05) is 6.07 Å². The molecule has 2 aliphatic rings. The molecule has 1 aromatic rings. The summed E-state index contributed by atoms with van der Waals surface area (Å²) in [5.74, 6) is 1.21. The van der Waals surface area contributed by atoms with Crippen LogP contribution >= 0.6 is 0 Å². The maximum atomic E-state index is 12.0. The van der Waals surface area contributed by atoms with Crippen molar-refractivity contribution in [2.45, 2.75) is 51.2 Å². The molecule has 0 unspecified atom stereocenters. The second kappa shape index (κ2) is 5.68. The summed E-state index contributed by atoms with van der Waals surface area (Å²) in [5, 5.41) is 3.60. The molecule has 2 fully saturated rings. The van der Waals surface area contributed by atoms with Crippen molar-refractivity contribution < 1.29 is 9.53 Å². The van der Waals surface area contributed by atoms with E-state index in [4.69, 9.17) is 4.74 Å². The van der Waals surface area contributed by atoms with Crippen LogP contribution in [0, 0.1) is 6.92 Å². The quantitative estimate of drug-likeness (QED) is 0.904. The molecule has 21 heavy (non-hydrogen) atoms. The number of hydrogen-bond acceptors (Lipinski definition) is 3. The largest absolute Gasteiger partial charge is 0.496 e. The Morgan fingerprint density at radius 2 is 2.14 bits per heavy atom. The fourth-order valence-electron chi connectivity index (χ4n) is 3.22. The minimum atomic E-state index is 0.178. The average Bonchev–Trinajstić information content (AvgIpc) is 3.23. The fourth-order valence-corrected chi connectivity index (χ4v) is 3.22. The number of nitrogens with one attached hydrogen (secondary N) is 1. The molecule has 1 heterocycles. The number of hydrogen-bond donors (Lipinski definition) is 1. The van der Waals surface area contributed by atoms with E-state index in [1.54, 1.807) is 7.11 Å². The Bertz CT molecular complexity index is 540. The van der Waals surface area contributed by atoms with Crippen molar-refractivity contribution in [2.75, 3.05) is 13.7 Å². The normalized spacial score (nSPS) is 23.5. The number of likely N-dealkylation sites (tertiary alicyclic amines) is 1. The van der Waals surface area contributed by atoms with Crippen molar-refractivity contribution >= 4 is 5.91 Å². The summed E-state index contributed by atoms with van der Waals surface area (Å²) in [6.07, 6.45) is 2.98. The maximum absolute atomic E-state index is 12.0. The van der Waals surface area contributed by atoms with Crippen molar-refractivity contribution in [3.8, 4) is 5.75 Å². The van der Waals surface area contributed by atoms with Crippen molar-refractivity contribution in [3.63, 3.8) is 0 Å². The van der Waals surface area contributed by atoms with Gasteiger partial charge in [-0.1, -0.05) is 17.7 Å². The molecule has 1 amide bonds. The van der Waals surface area contributed by atoms with Crippen LogP contribution in [0.4, 0.5) is 0 Å². The zero-order valence-corrected chi connectivity index (χ0v) is 13.1. The van der Waals surface area contributed by atoms with Gasteiger partial charge in [-0.05, 0) is 32.8 Å². The topological polar surface area (TPSA) is 41.6 Å². The molecule has 1 N–H and O–H groups in total. The van der Waals surface area contributed by atoms with E-state index in [0.29, 0.717) is 18.4 Å². The lowest BCUT2D eigenvalue weighted by molar-refractivity contribution is -0.128. The summed E-state index contributed by atoms with van der Waals surface area (Å²) >= 11 is 0. The number of methoxy groups -OCH3 is 1. The van der Waals surface area contributed by atoms with Gasteiger partial charge in [-0.3, -0.25) is 4.79 Å². The Labute approximate surface area is 126 Å². The summed E-state index contributed by atoms with van der Waals surface area (Å²) in [7, 11) is 1.70. The number of ether oxygens (including phenoxy) is 1. The lowest BCUT2D eigenvalue weighted by Crippen LogP contribution is -2.35. The Kier molecular flexibility index (Phi) is 3.89. The molecule has 114 valence electrons.